The molecule has 0 aromatic carbocycles. The number of nitrogens with one attached hydrogen (secondary N) is 1. The predicted molar refractivity (Wildman–Crippen MR) is 28.0 cm³/mol. The molecule has 0 rings (SSSR count). The third-order valence-corrected chi connectivity index (χ3v) is 1.02. The second-order valence-corrected chi connectivity index (χ2v) is 2.02. The first-order chi connectivity index (χ1) is 4.27. The summed E-state index contributed by atoms with van der Waals surface area (Å²) in [6.07, 6.45) is 0.472. The molecule has 0 aromatic heterocycles. The lowest BCUT2D eigenvalue weighted by atomic mass is 10.5. The second-order valence-electron chi connectivity index (χ2n) is 1.32. The van der Waals surface area contributed by atoms with Crippen molar-refractivity contribution in [1.29, 1.82) is 0 Å². The zero-order valence-electron chi connectivity index (χ0n) is 4.74. The Morgan fingerprint density at radius 2 is 2.44 bits per heavy atom. The number of hydroxylamine groups is 1. The first kappa shape index (κ1) is 8.94. The lowest BCUT2D eigenvalue weighted by Gasteiger charge is -1.92. The van der Waals surface area contributed by atoms with Crippen molar-refractivity contribution in [3.05, 3.63) is 0 Å². The molecular weight excluding hydrogens is 145 g/mol. The highest BCUT2D eigenvalue weighted by Crippen LogP contribution is 2.07. The minimum absolute atomic E-state index is 0.117. The van der Waals surface area contributed by atoms with Gasteiger partial charge in [-0.3, -0.25) is 0 Å². The Labute approximate surface area is 53.6 Å². The highest BCUT2D eigenvalue weighted by molar-refractivity contribution is 7.30. The molecule has 0 spiro atoms. The second kappa shape index (κ2) is 6.07. The molecule has 0 radical (unpaired) electrons. The maximum Gasteiger partial charge on any atom is 0.488 e. The summed E-state index contributed by atoms with van der Waals surface area (Å²) in [5, 5.41) is 7.97. The molecule has 2 N–H and O–H groups in total. The Morgan fingerprint density at radius 1 is 1.78 bits per heavy atom. The van der Waals surface area contributed by atoms with Gasteiger partial charge in [0.25, 0.3) is 0 Å². The van der Waals surface area contributed by atoms with Gasteiger partial charge >= 0.3 is 8.25 Å². The summed E-state index contributed by atoms with van der Waals surface area (Å²) in [6, 6.07) is 0. The van der Waals surface area contributed by atoms with Crippen LogP contribution >= 0.6 is 8.25 Å². The van der Waals surface area contributed by atoms with Crippen LogP contribution in [0.3, 0.4) is 0 Å². The average Bonchev–Trinajstić information content (AvgIpc) is 1.80. The van der Waals surface area contributed by atoms with Gasteiger partial charge in [0.15, 0.2) is 0 Å². The summed E-state index contributed by atoms with van der Waals surface area (Å²) in [4.78, 5) is 9.69. The average molecular weight is 153 g/mol. The monoisotopic (exact) mass is 153 g/mol. The van der Waals surface area contributed by atoms with Crippen LogP contribution in [0.1, 0.15) is 6.42 Å². The molecule has 1 atom stereocenters. The van der Waals surface area contributed by atoms with E-state index in [1.54, 1.807) is 0 Å². The van der Waals surface area contributed by atoms with E-state index in [4.69, 9.17) is 5.21 Å². The standard InChI is InChI=1S/C3H8NO4P/c5-4-2-1-3-8-9(6)7/h4-5H,1-3H2. The van der Waals surface area contributed by atoms with E-state index < -0.39 is 8.25 Å². The van der Waals surface area contributed by atoms with Gasteiger partial charge in [-0.25, -0.2) is 5.48 Å². The van der Waals surface area contributed by atoms with Crippen molar-refractivity contribution < 1.29 is 19.2 Å². The maximum atomic E-state index is 9.69. The van der Waals surface area contributed by atoms with Crippen LogP contribution in [0.5, 0.6) is 0 Å². The fraction of sp³-hybridized carbons (Fsp3) is 1.00. The van der Waals surface area contributed by atoms with Crippen molar-refractivity contribution in [3.63, 3.8) is 0 Å². The Kier molecular flexibility index (Phi) is 6.03. The molecule has 0 saturated heterocycles. The van der Waals surface area contributed by atoms with E-state index in [1.165, 1.54) is 0 Å². The van der Waals surface area contributed by atoms with Crippen molar-refractivity contribution in [2.75, 3.05) is 13.2 Å². The number of rotatable bonds is 5. The topological polar surface area (TPSA) is 81.6 Å². The molecule has 0 amide bonds. The van der Waals surface area contributed by atoms with Crippen LogP contribution < -0.4 is 10.4 Å². The molecule has 9 heavy (non-hydrogen) atoms. The molecule has 0 aromatic rings. The Balaban J connectivity index is 2.83. The molecule has 0 bridgehead atoms. The van der Waals surface area contributed by atoms with E-state index in [9.17, 15) is 9.46 Å². The van der Waals surface area contributed by atoms with Gasteiger partial charge in [-0.15, -0.1) is 4.52 Å². The minimum atomic E-state index is -2.73. The molecule has 0 saturated carbocycles. The van der Waals surface area contributed by atoms with E-state index >= 15 is 0 Å². The van der Waals surface area contributed by atoms with Crippen LogP contribution in [0.2, 0.25) is 0 Å². The van der Waals surface area contributed by atoms with Gasteiger partial charge in [0, 0.05) is 6.54 Å². The van der Waals surface area contributed by atoms with Gasteiger partial charge in [-0.2, -0.15) is 0 Å². The van der Waals surface area contributed by atoms with E-state index in [2.05, 4.69) is 4.52 Å². The molecule has 6 heteroatoms. The first-order valence-electron chi connectivity index (χ1n) is 2.41. The summed E-state index contributed by atoms with van der Waals surface area (Å²) in [6.45, 7) is 0.454. The zero-order chi connectivity index (χ0) is 7.11. The fourth-order valence-corrected chi connectivity index (χ4v) is 0.568. The van der Waals surface area contributed by atoms with Crippen LogP contribution in [-0.2, 0) is 9.09 Å². The van der Waals surface area contributed by atoms with Gasteiger partial charge in [-0.05, 0) is 11.0 Å². The minimum Gasteiger partial charge on any atom is -0.566 e. The van der Waals surface area contributed by atoms with E-state index in [0.29, 0.717) is 13.0 Å². The zero-order valence-corrected chi connectivity index (χ0v) is 5.63. The molecule has 0 fully saturated rings. The van der Waals surface area contributed by atoms with Crippen molar-refractivity contribution >= 4 is 8.25 Å². The first-order valence-corrected chi connectivity index (χ1v) is 3.51. The van der Waals surface area contributed by atoms with Crippen molar-refractivity contribution in [3.8, 4) is 0 Å². The van der Waals surface area contributed by atoms with Gasteiger partial charge < -0.3 is 10.1 Å². The Bertz CT molecular complexity index is 87.9. The molecular formula is C3H8NO4P. The third-order valence-electron chi connectivity index (χ3n) is 0.630. The normalized spacial score (nSPS) is 11.6. The lowest BCUT2D eigenvalue weighted by Crippen LogP contribution is -2.10. The molecule has 0 aliphatic heterocycles. The predicted octanol–water partition coefficient (Wildman–Crippen LogP) is -0.610. The van der Waals surface area contributed by atoms with Gasteiger partial charge in [-0.1, -0.05) is 0 Å². The molecule has 1 unspecified atom stereocenters. The van der Waals surface area contributed by atoms with E-state index in [0.717, 1.165) is 0 Å². The summed E-state index contributed by atoms with van der Waals surface area (Å²) in [7, 11) is -2.73. The largest absolute Gasteiger partial charge is 0.566 e. The van der Waals surface area contributed by atoms with Gasteiger partial charge in [0.05, 0.1) is 0 Å². The lowest BCUT2D eigenvalue weighted by molar-refractivity contribution is -0.185. The van der Waals surface area contributed by atoms with Crippen LogP contribution in [0.4, 0.5) is 0 Å². The summed E-state index contributed by atoms with van der Waals surface area (Å²) >= 11 is 0. The molecule has 0 heterocycles. The molecule has 5 nitrogen and oxygen atoms in total. The van der Waals surface area contributed by atoms with Crippen molar-refractivity contribution in [1.82, 2.24) is 5.48 Å². The summed E-state index contributed by atoms with van der Waals surface area (Å²) < 4.78 is 13.8. The number of hydrogen-bond donors (Lipinski definition) is 2. The third kappa shape index (κ3) is 7.94. The quantitative estimate of drug-likeness (QED) is 0.313. The molecule has 54 valence electrons. The van der Waals surface area contributed by atoms with Crippen molar-refractivity contribution in [2.45, 2.75) is 6.42 Å². The van der Waals surface area contributed by atoms with Crippen molar-refractivity contribution in [2.24, 2.45) is 0 Å². The Hall–Kier alpha value is -0.0600. The Morgan fingerprint density at radius 3 is 2.89 bits per heavy atom. The molecule has 0 aliphatic rings. The van der Waals surface area contributed by atoms with Crippen LogP contribution in [-0.4, -0.2) is 18.4 Å². The highest BCUT2D eigenvalue weighted by atomic mass is 31.1. The molecule has 0 aliphatic carbocycles. The SMILES string of the molecule is O=[P+]([O-])OCCCNO. The summed E-state index contributed by atoms with van der Waals surface area (Å²) in [5.74, 6) is 0. The fourth-order valence-electron chi connectivity index (χ4n) is 0.290. The maximum absolute atomic E-state index is 9.69. The summed E-state index contributed by atoms with van der Waals surface area (Å²) in [5.41, 5.74) is 1.86. The van der Waals surface area contributed by atoms with Gasteiger partial charge in [0.2, 0.25) is 0 Å². The van der Waals surface area contributed by atoms with Crippen LogP contribution in [0.25, 0.3) is 0 Å². The number of hydrogen-bond acceptors (Lipinski definition) is 5. The van der Waals surface area contributed by atoms with Crippen LogP contribution in [0.15, 0.2) is 0 Å². The smallest absolute Gasteiger partial charge is 0.488 e. The highest BCUT2D eigenvalue weighted by Gasteiger charge is 1.98. The van der Waals surface area contributed by atoms with Gasteiger partial charge in [0.1, 0.15) is 6.61 Å². The van der Waals surface area contributed by atoms with Crippen LogP contribution in [0, 0.1) is 0 Å². The van der Waals surface area contributed by atoms with E-state index in [-0.39, 0.29) is 6.61 Å². The van der Waals surface area contributed by atoms with E-state index in [1.807, 2.05) is 5.48 Å².